The van der Waals surface area contributed by atoms with E-state index in [1.807, 2.05) is 0 Å². The topological polar surface area (TPSA) is 67.8 Å². The van der Waals surface area contributed by atoms with E-state index in [0.717, 1.165) is 0 Å². The van der Waals surface area contributed by atoms with E-state index in [4.69, 9.17) is 4.74 Å². The number of nitrogens with zero attached hydrogens (tertiary/aromatic N) is 1. The van der Waals surface area contributed by atoms with Crippen LogP contribution in [0.1, 0.15) is 6.42 Å². The molecule has 2 amide bonds. The smallest absolute Gasteiger partial charge is 0.335 e. The zero-order chi connectivity index (χ0) is 8.55. The lowest BCUT2D eigenvalue weighted by Crippen LogP contribution is -2.52. The highest BCUT2D eigenvalue weighted by Gasteiger charge is 2.30. The highest BCUT2D eigenvalue weighted by atomic mass is 16.5. The fourth-order valence-electron chi connectivity index (χ4n) is 1.31. The van der Waals surface area contributed by atoms with Crippen molar-refractivity contribution >= 4 is 17.5 Å². The van der Waals surface area contributed by atoms with E-state index in [-0.39, 0.29) is 6.04 Å². The number of carbonyl (C=O) groups is 2. The maximum Gasteiger partial charge on any atom is 0.335 e. The van der Waals surface area contributed by atoms with E-state index < -0.39 is 11.8 Å². The zero-order valence-corrected chi connectivity index (χ0v) is 6.37. The third-order valence-corrected chi connectivity index (χ3v) is 1.95. The van der Waals surface area contributed by atoms with Gasteiger partial charge in [0.25, 0.3) is 0 Å². The molecule has 64 valence electrons. The Labute approximate surface area is 68.8 Å². The van der Waals surface area contributed by atoms with Gasteiger partial charge in [-0.05, 0) is 6.42 Å². The van der Waals surface area contributed by atoms with Crippen molar-refractivity contribution in [3.63, 3.8) is 0 Å². The van der Waals surface area contributed by atoms with Crippen LogP contribution in [0.2, 0.25) is 0 Å². The summed E-state index contributed by atoms with van der Waals surface area (Å²) in [5, 5.41) is 2.57. The molecule has 12 heavy (non-hydrogen) atoms. The van der Waals surface area contributed by atoms with Crippen LogP contribution in [0.4, 0.5) is 0 Å². The number of rotatable bonds is 0. The summed E-state index contributed by atoms with van der Waals surface area (Å²) in [6, 6.07) is -0.0797. The molecule has 0 bridgehead atoms. The Kier molecular flexibility index (Phi) is 1.65. The molecule has 0 spiro atoms. The van der Waals surface area contributed by atoms with Gasteiger partial charge >= 0.3 is 11.8 Å². The number of hydrogen-bond acceptors (Lipinski definition) is 3. The summed E-state index contributed by atoms with van der Waals surface area (Å²) in [6.45, 7) is 0.967. The number of nitrogens with one attached hydrogen (secondary N) is 1. The van der Waals surface area contributed by atoms with Crippen LogP contribution in [0.3, 0.4) is 0 Å². The Hall–Kier alpha value is -1.23. The summed E-state index contributed by atoms with van der Waals surface area (Å²) >= 11 is 0. The lowest BCUT2D eigenvalue weighted by Gasteiger charge is -2.27. The Morgan fingerprint density at radius 2 is 2.33 bits per heavy atom. The van der Waals surface area contributed by atoms with Crippen LogP contribution < -0.4 is 5.32 Å². The Morgan fingerprint density at radius 1 is 1.50 bits per heavy atom. The predicted molar refractivity (Wildman–Crippen MR) is 39.8 cm³/mol. The Morgan fingerprint density at radius 3 is 3.17 bits per heavy atom. The highest BCUT2D eigenvalue weighted by Crippen LogP contribution is 2.08. The molecule has 0 aromatic heterocycles. The van der Waals surface area contributed by atoms with Crippen molar-refractivity contribution in [2.75, 3.05) is 13.2 Å². The van der Waals surface area contributed by atoms with E-state index in [9.17, 15) is 9.59 Å². The molecule has 1 fully saturated rings. The van der Waals surface area contributed by atoms with Crippen molar-refractivity contribution < 1.29 is 14.3 Å². The number of fused-ring (bicyclic) bond motifs is 1. The molecule has 0 radical (unpaired) electrons. The molecule has 0 aromatic rings. The lowest BCUT2D eigenvalue weighted by molar-refractivity contribution is -0.138. The first kappa shape index (κ1) is 7.42. The van der Waals surface area contributed by atoms with Crippen LogP contribution in [-0.2, 0) is 14.3 Å². The quantitative estimate of drug-likeness (QED) is 0.465. The minimum atomic E-state index is -0.716. The van der Waals surface area contributed by atoms with Gasteiger partial charge in [-0.2, -0.15) is 0 Å². The molecule has 2 rings (SSSR count). The molecule has 1 atom stereocenters. The fraction of sp³-hybridized carbons (Fsp3) is 0.571. The number of amides is 2. The van der Waals surface area contributed by atoms with Gasteiger partial charge in [0.2, 0.25) is 0 Å². The molecule has 0 aromatic carbocycles. The summed E-state index contributed by atoms with van der Waals surface area (Å²) in [4.78, 5) is 25.3. The Bertz CT molecular complexity index is 272. The number of aliphatic imine (C=N–C) groups is 1. The summed E-state index contributed by atoms with van der Waals surface area (Å²) in [5.41, 5.74) is 0.644. The van der Waals surface area contributed by atoms with Crippen molar-refractivity contribution in [3.05, 3.63) is 0 Å². The van der Waals surface area contributed by atoms with E-state index in [1.54, 1.807) is 0 Å². The second kappa shape index (κ2) is 2.67. The van der Waals surface area contributed by atoms with Gasteiger partial charge < -0.3 is 10.1 Å². The van der Waals surface area contributed by atoms with Crippen LogP contribution >= 0.6 is 0 Å². The monoisotopic (exact) mass is 168 g/mol. The SMILES string of the molecule is O=C1N=C2COCCC2NC1=O. The van der Waals surface area contributed by atoms with Crippen molar-refractivity contribution in [2.24, 2.45) is 4.99 Å². The number of carbonyl (C=O) groups excluding carboxylic acids is 2. The average Bonchev–Trinajstić information content (AvgIpc) is 2.07. The van der Waals surface area contributed by atoms with Crippen LogP contribution in [0, 0.1) is 0 Å². The van der Waals surface area contributed by atoms with Gasteiger partial charge in [-0.1, -0.05) is 0 Å². The molecule has 1 saturated heterocycles. The largest absolute Gasteiger partial charge is 0.375 e. The number of ether oxygens (including phenoxy) is 1. The molecule has 0 saturated carbocycles. The maximum atomic E-state index is 10.8. The van der Waals surface area contributed by atoms with Gasteiger partial charge in [-0.25, -0.2) is 4.99 Å². The zero-order valence-electron chi connectivity index (χ0n) is 6.37. The summed E-state index contributed by atoms with van der Waals surface area (Å²) < 4.78 is 5.09. The summed E-state index contributed by atoms with van der Waals surface area (Å²) in [5.74, 6) is -1.32. The third kappa shape index (κ3) is 1.12. The first-order chi connectivity index (χ1) is 5.77. The molecule has 2 aliphatic heterocycles. The maximum absolute atomic E-state index is 10.8. The standard InChI is InChI=1S/C7H8N2O3/c10-6-7(11)9-5-3-12-2-1-4(5)8-6/h4H,1-3H2,(H,8,10). The molecule has 1 unspecified atom stereocenters. The van der Waals surface area contributed by atoms with Gasteiger partial charge in [0.1, 0.15) is 0 Å². The van der Waals surface area contributed by atoms with Gasteiger partial charge in [-0.15, -0.1) is 0 Å². The van der Waals surface area contributed by atoms with Crippen LogP contribution in [0.5, 0.6) is 0 Å². The minimum absolute atomic E-state index is 0.0797. The molecule has 1 N–H and O–H groups in total. The van der Waals surface area contributed by atoms with Gasteiger partial charge in [0.15, 0.2) is 0 Å². The fourth-order valence-corrected chi connectivity index (χ4v) is 1.31. The first-order valence-electron chi connectivity index (χ1n) is 3.77. The van der Waals surface area contributed by atoms with E-state index in [2.05, 4.69) is 10.3 Å². The van der Waals surface area contributed by atoms with Gasteiger partial charge in [0, 0.05) is 6.61 Å². The Balaban J connectivity index is 2.25. The summed E-state index contributed by atoms with van der Waals surface area (Å²) in [6.07, 6.45) is 0.706. The third-order valence-electron chi connectivity index (χ3n) is 1.95. The summed E-state index contributed by atoms with van der Waals surface area (Å²) in [7, 11) is 0. The van der Waals surface area contributed by atoms with Crippen molar-refractivity contribution in [3.8, 4) is 0 Å². The van der Waals surface area contributed by atoms with Crippen molar-refractivity contribution in [1.82, 2.24) is 5.32 Å². The average molecular weight is 168 g/mol. The van der Waals surface area contributed by atoms with E-state index in [0.29, 0.717) is 25.3 Å². The van der Waals surface area contributed by atoms with E-state index >= 15 is 0 Å². The normalized spacial score (nSPS) is 29.0. The molecular weight excluding hydrogens is 160 g/mol. The molecule has 0 aliphatic carbocycles. The van der Waals surface area contributed by atoms with Crippen LogP contribution in [-0.4, -0.2) is 36.8 Å². The molecule has 5 heteroatoms. The minimum Gasteiger partial charge on any atom is -0.375 e. The highest BCUT2D eigenvalue weighted by molar-refractivity contribution is 6.39. The van der Waals surface area contributed by atoms with Crippen molar-refractivity contribution in [1.29, 1.82) is 0 Å². The molecule has 5 nitrogen and oxygen atoms in total. The molecular formula is C7H8N2O3. The van der Waals surface area contributed by atoms with Gasteiger partial charge in [-0.3, -0.25) is 9.59 Å². The second-order valence-corrected chi connectivity index (χ2v) is 2.78. The second-order valence-electron chi connectivity index (χ2n) is 2.78. The van der Waals surface area contributed by atoms with Crippen molar-refractivity contribution in [2.45, 2.75) is 12.5 Å². The first-order valence-corrected chi connectivity index (χ1v) is 3.77. The number of hydrogen-bond donors (Lipinski definition) is 1. The molecule has 2 heterocycles. The van der Waals surface area contributed by atoms with Gasteiger partial charge in [0.05, 0.1) is 18.4 Å². The predicted octanol–water partition coefficient (Wildman–Crippen LogP) is -1.13. The lowest BCUT2D eigenvalue weighted by atomic mass is 10.1. The van der Waals surface area contributed by atoms with E-state index in [1.165, 1.54) is 0 Å². The molecule has 2 aliphatic rings. The van der Waals surface area contributed by atoms with Crippen LogP contribution in [0.25, 0.3) is 0 Å². The van der Waals surface area contributed by atoms with Crippen LogP contribution in [0.15, 0.2) is 4.99 Å².